The van der Waals surface area contributed by atoms with Crippen LogP contribution >= 0.6 is 0 Å². The Hall–Kier alpha value is -2.73. The van der Waals surface area contributed by atoms with Gasteiger partial charge >= 0.3 is 0 Å². The summed E-state index contributed by atoms with van der Waals surface area (Å²) in [6, 6.07) is 11.9. The quantitative estimate of drug-likeness (QED) is 0.721. The van der Waals surface area contributed by atoms with Crippen molar-refractivity contribution in [2.24, 2.45) is 0 Å². The molecule has 0 unspecified atom stereocenters. The third-order valence-corrected chi connectivity index (χ3v) is 4.43. The first-order chi connectivity index (χ1) is 12.1. The Balaban J connectivity index is 1.76. The van der Waals surface area contributed by atoms with E-state index in [1.165, 1.54) is 12.1 Å². The monoisotopic (exact) mass is 339 g/mol. The second-order valence-corrected chi connectivity index (χ2v) is 6.08. The summed E-state index contributed by atoms with van der Waals surface area (Å²) in [5, 5.41) is 0. The summed E-state index contributed by atoms with van der Waals surface area (Å²) in [5.41, 5.74) is 2.82. The molecule has 0 N–H and O–H groups in total. The van der Waals surface area contributed by atoms with Crippen LogP contribution in [0.5, 0.6) is 0 Å². The maximum Gasteiger partial charge on any atom is 0.254 e. The number of imidazole rings is 1. The zero-order valence-corrected chi connectivity index (χ0v) is 13.9. The number of carbonyl (C=O) groups excluding carboxylic acids is 1. The molecule has 0 radical (unpaired) electrons. The van der Waals surface area contributed by atoms with Crippen LogP contribution in [0, 0.1) is 12.7 Å². The average Bonchev–Trinajstić information content (AvgIpc) is 2.97. The number of halogens is 1. The molecule has 25 heavy (non-hydrogen) atoms. The van der Waals surface area contributed by atoms with Gasteiger partial charge in [-0.05, 0) is 37.3 Å². The number of hydrogen-bond acceptors (Lipinski definition) is 3. The average molecular weight is 339 g/mol. The lowest BCUT2D eigenvalue weighted by Crippen LogP contribution is -2.40. The number of ether oxygens (including phenoxy) is 1. The number of benzene rings is 2. The maximum atomic E-state index is 13.7. The van der Waals surface area contributed by atoms with Crippen LogP contribution in [0.25, 0.3) is 16.7 Å². The predicted octanol–water partition coefficient (Wildman–Crippen LogP) is 2.95. The Bertz CT molecular complexity index is 945. The number of aryl methyl sites for hydroxylation is 1. The van der Waals surface area contributed by atoms with E-state index < -0.39 is 0 Å². The molecule has 1 aliphatic heterocycles. The Morgan fingerprint density at radius 2 is 1.96 bits per heavy atom. The molecule has 0 saturated carbocycles. The second kappa shape index (κ2) is 6.29. The maximum absolute atomic E-state index is 13.7. The molecule has 6 heteroatoms. The van der Waals surface area contributed by atoms with E-state index >= 15 is 0 Å². The van der Waals surface area contributed by atoms with E-state index in [-0.39, 0.29) is 11.7 Å². The lowest BCUT2D eigenvalue weighted by atomic mass is 10.1. The fourth-order valence-electron chi connectivity index (χ4n) is 3.22. The third kappa shape index (κ3) is 2.89. The van der Waals surface area contributed by atoms with E-state index in [1.807, 2.05) is 29.7 Å². The number of hydrogen-bond donors (Lipinski definition) is 0. The molecule has 1 aliphatic rings. The molecule has 5 nitrogen and oxygen atoms in total. The molecule has 0 bridgehead atoms. The van der Waals surface area contributed by atoms with Crippen LogP contribution in [-0.4, -0.2) is 46.7 Å². The van der Waals surface area contributed by atoms with E-state index in [9.17, 15) is 9.18 Å². The van der Waals surface area contributed by atoms with E-state index in [0.717, 1.165) is 17.0 Å². The van der Waals surface area contributed by atoms with Crippen LogP contribution in [0.15, 0.2) is 42.5 Å². The van der Waals surface area contributed by atoms with Gasteiger partial charge in [-0.1, -0.05) is 6.07 Å². The summed E-state index contributed by atoms with van der Waals surface area (Å²) in [5.74, 6) is 0.421. The van der Waals surface area contributed by atoms with Crippen molar-refractivity contribution in [3.63, 3.8) is 0 Å². The van der Waals surface area contributed by atoms with Gasteiger partial charge < -0.3 is 9.64 Å². The molecule has 2 heterocycles. The highest BCUT2D eigenvalue weighted by Gasteiger charge is 2.19. The minimum absolute atomic E-state index is 0.0154. The molecule has 1 aromatic heterocycles. The van der Waals surface area contributed by atoms with Crippen molar-refractivity contribution in [1.29, 1.82) is 0 Å². The van der Waals surface area contributed by atoms with Gasteiger partial charge in [-0.3, -0.25) is 9.36 Å². The van der Waals surface area contributed by atoms with Crippen LogP contribution in [0.2, 0.25) is 0 Å². The first kappa shape index (κ1) is 15.8. The highest BCUT2D eigenvalue weighted by atomic mass is 19.1. The highest BCUT2D eigenvalue weighted by Crippen LogP contribution is 2.23. The predicted molar refractivity (Wildman–Crippen MR) is 92.5 cm³/mol. The number of nitrogens with zero attached hydrogens (tertiary/aromatic N) is 3. The van der Waals surface area contributed by atoms with Crippen molar-refractivity contribution in [2.45, 2.75) is 6.92 Å². The van der Waals surface area contributed by atoms with Gasteiger partial charge in [0, 0.05) is 30.4 Å². The lowest BCUT2D eigenvalue weighted by molar-refractivity contribution is 0.0303. The molecular weight excluding hydrogens is 321 g/mol. The number of carbonyl (C=O) groups is 1. The van der Waals surface area contributed by atoms with Crippen LogP contribution in [-0.2, 0) is 4.74 Å². The van der Waals surface area contributed by atoms with E-state index in [0.29, 0.717) is 37.4 Å². The Kier molecular flexibility index (Phi) is 3.97. The number of rotatable bonds is 2. The summed E-state index contributed by atoms with van der Waals surface area (Å²) in [6.45, 7) is 4.20. The van der Waals surface area contributed by atoms with Gasteiger partial charge in [0.15, 0.2) is 0 Å². The first-order valence-corrected chi connectivity index (χ1v) is 8.25. The summed E-state index contributed by atoms with van der Waals surface area (Å²) >= 11 is 0. The van der Waals surface area contributed by atoms with Crippen molar-refractivity contribution in [1.82, 2.24) is 14.5 Å². The lowest BCUT2D eigenvalue weighted by Gasteiger charge is -2.27. The van der Waals surface area contributed by atoms with Crippen molar-refractivity contribution in [2.75, 3.05) is 26.3 Å². The van der Waals surface area contributed by atoms with Gasteiger partial charge in [-0.2, -0.15) is 0 Å². The summed E-state index contributed by atoms with van der Waals surface area (Å²) in [6.07, 6.45) is 0. The smallest absolute Gasteiger partial charge is 0.254 e. The van der Waals surface area contributed by atoms with Gasteiger partial charge in [0.05, 0.1) is 24.2 Å². The minimum Gasteiger partial charge on any atom is -0.378 e. The SMILES string of the molecule is Cc1nc2ccc(F)cc2n1-c1cccc(C(=O)N2CCOCC2)c1. The second-order valence-electron chi connectivity index (χ2n) is 6.08. The Morgan fingerprint density at radius 3 is 2.76 bits per heavy atom. The number of amides is 1. The van der Waals surface area contributed by atoms with Crippen molar-refractivity contribution in [3.05, 3.63) is 59.7 Å². The molecule has 0 atom stereocenters. The third-order valence-electron chi connectivity index (χ3n) is 4.43. The van der Waals surface area contributed by atoms with E-state index in [1.54, 1.807) is 17.0 Å². The number of morpholine rings is 1. The Morgan fingerprint density at radius 1 is 1.16 bits per heavy atom. The number of aromatic nitrogens is 2. The molecule has 0 aliphatic carbocycles. The topological polar surface area (TPSA) is 47.4 Å². The van der Waals surface area contributed by atoms with Crippen LogP contribution in [0.3, 0.4) is 0 Å². The van der Waals surface area contributed by atoms with Crippen LogP contribution in [0.4, 0.5) is 4.39 Å². The van der Waals surface area contributed by atoms with E-state index in [4.69, 9.17) is 4.74 Å². The van der Waals surface area contributed by atoms with Gasteiger partial charge in [0.25, 0.3) is 5.91 Å². The minimum atomic E-state index is -0.311. The van der Waals surface area contributed by atoms with Crippen LogP contribution in [0.1, 0.15) is 16.2 Å². The number of fused-ring (bicyclic) bond motifs is 1. The molecule has 1 fully saturated rings. The van der Waals surface area contributed by atoms with Crippen molar-refractivity contribution >= 4 is 16.9 Å². The highest BCUT2D eigenvalue weighted by molar-refractivity contribution is 5.95. The largest absolute Gasteiger partial charge is 0.378 e. The summed E-state index contributed by atoms with van der Waals surface area (Å²) in [4.78, 5) is 19.0. The normalized spacial score (nSPS) is 14.9. The van der Waals surface area contributed by atoms with Crippen LogP contribution < -0.4 is 0 Å². The zero-order chi connectivity index (χ0) is 17.4. The van der Waals surface area contributed by atoms with Gasteiger partial charge in [0.2, 0.25) is 0 Å². The molecule has 1 amide bonds. The fourth-order valence-corrected chi connectivity index (χ4v) is 3.22. The standard InChI is InChI=1S/C19H18FN3O2/c1-13-21-17-6-5-15(20)12-18(17)23(13)16-4-2-3-14(11-16)19(24)22-7-9-25-10-8-22/h2-6,11-12H,7-10H2,1H3. The molecule has 128 valence electrons. The fraction of sp³-hybridized carbons (Fsp3) is 0.263. The first-order valence-electron chi connectivity index (χ1n) is 8.25. The molecule has 2 aromatic carbocycles. The van der Waals surface area contributed by atoms with E-state index in [2.05, 4.69) is 4.98 Å². The molecule has 3 aromatic rings. The van der Waals surface area contributed by atoms with Crippen molar-refractivity contribution < 1.29 is 13.9 Å². The van der Waals surface area contributed by atoms with Gasteiger partial charge in [-0.25, -0.2) is 9.37 Å². The zero-order valence-electron chi connectivity index (χ0n) is 13.9. The summed E-state index contributed by atoms with van der Waals surface area (Å²) < 4.78 is 20.8. The Labute approximate surface area is 144 Å². The molecular formula is C19H18FN3O2. The van der Waals surface area contributed by atoms with Gasteiger partial charge in [-0.15, -0.1) is 0 Å². The summed E-state index contributed by atoms with van der Waals surface area (Å²) in [7, 11) is 0. The molecule has 1 saturated heterocycles. The molecule has 0 spiro atoms. The van der Waals surface area contributed by atoms with Crippen molar-refractivity contribution in [3.8, 4) is 5.69 Å². The van der Waals surface area contributed by atoms with Gasteiger partial charge in [0.1, 0.15) is 11.6 Å². The molecule has 4 rings (SSSR count).